The number of hydrogen-bond acceptors (Lipinski definition) is 4. The minimum Gasteiger partial charge on any atom is -0.493 e. The summed E-state index contributed by atoms with van der Waals surface area (Å²) in [5.41, 5.74) is 11.7. The second kappa shape index (κ2) is 11.0. The SMILES string of the molecule is CCCc1c(-c2c(C)n(C)n(-c3ccccc3)c2=O)c(C(N)=O)c(C)n1CCc1ccc(OC)c(OC)c1. The van der Waals surface area contributed by atoms with E-state index in [4.69, 9.17) is 15.2 Å². The van der Waals surface area contributed by atoms with Gasteiger partial charge in [-0.25, -0.2) is 4.68 Å². The fraction of sp³-hybridized carbons (Fsp3) is 0.333. The van der Waals surface area contributed by atoms with Gasteiger partial charge in [0.15, 0.2) is 11.5 Å². The first-order valence-corrected chi connectivity index (χ1v) is 12.8. The summed E-state index contributed by atoms with van der Waals surface area (Å²) in [6.45, 7) is 6.53. The van der Waals surface area contributed by atoms with Crippen LogP contribution in [0.25, 0.3) is 16.8 Å². The predicted molar refractivity (Wildman–Crippen MR) is 150 cm³/mol. The van der Waals surface area contributed by atoms with Crippen LogP contribution in [-0.2, 0) is 26.4 Å². The molecule has 8 heteroatoms. The largest absolute Gasteiger partial charge is 0.493 e. The highest BCUT2D eigenvalue weighted by molar-refractivity contribution is 6.02. The summed E-state index contributed by atoms with van der Waals surface area (Å²) in [7, 11) is 5.09. The minimum absolute atomic E-state index is 0.173. The monoisotopic (exact) mass is 516 g/mol. The van der Waals surface area contributed by atoms with Crippen LogP contribution < -0.4 is 20.8 Å². The van der Waals surface area contributed by atoms with Crippen LogP contribution >= 0.6 is 0 Å². The number of amides is 1. The Kier molecular flexibility index (Phi) is 7.80. The van der Waals surface area contributed by atoms with Crippen molar-refractivity contribution in [3.8, 4) is 28.3 Å². The number of nitrogens with two attached hydrogens (primary N) is 1. The number of methoxy groups -OCH3 is 2. The molecule has 8 nitrogen and oxygen atoms in total. The van der Waals surface area contributed by atoms with E-state index in [1.165, 1.54) is 0 Å². The maximum atomic E-state index is 13.9. The minimum atomic E-state index is -0.534. The molecule has 4 aromatic rings. The second-order valence-corrected chi connectivity index (χ2v) is 9.42. The highest BCUT2D eigenvalue weighted by Crippen LogP contribution is 2.35. The van der Waals surface area contributed by atoms with Crippen molar-refractivity contribution in [2.45, 2.75) is 46.6 Å². The molecule has 0 radical (unpaired) electrons. The van der Waals surface area contributed by atoms with Crippen molar-refractivity contribution in [1.82, 2.24) is 13.9 Å². The van der Waals surface area contributed by atoms with Gasteiger partial charge in [0.2, 0.25) is 0 Å². The molecule has 0 aliphatic heterocycles. The Hall–Kier alpha value is -4.20. The third-order valence-corrected chi connectivity index (χ3v) is 7.24. The van der Waals surface area contributed by atoms with Crippen molar-refractivity contribution in [3.05, 3.63) is 87.1 Å². The standard InChI is InChI=1S/C30H36N4O4/c1-7-11-23-28(27-19(2)32(4)34(30(27)36)22-12-9-8-10-13-22)26(29(31)35)20(3)33(23)17-16-21-14-15-24(37-5)25(18-21)38-6/h8-10,12-15,18H,7,11,16-17H2,1-6H3,(H2,31,35). The number of para-hydroxylation sites is 1. The lowest BCUT2D eigenvalue weighted by Crippen LogP contribution is -2.21. The van der Waals surface area contributed by atoms with Crippen molar-refractivity contribution in [2.24, 2.45) is 12.8 Å². The normalized spacial score (nSPS) is 11.1. The number of carbonyl (C=O) groups is 1. The molecular formula is C30H36N4O4. The van der Waals surface area contributed by atoms with Gasteiger partial charge < -0.3 is 19.8 Å². The number of hydrogen-bond donors (Lipinski definition) is 1. The van der Waals surface area contributed by atoms with E-state index in [0.29, 0.717) is 47.6 Å². The van der Waals surface area contributed by atoms with E-state index in [1.807, 2.05) is 74.1 Å². The first kappa shape index (κ1) is 26.9. The van der Waals surface area contributed by atoms with E-state index in [1.54, 1.807) is 18.9 Å². The number of aromatic nitrogens is 3. The van der Waals surface area contributed by atoms with Crippen LogP contribution in [0, 0.1) is 13.8 Å². The number of benzene rings is 2. The number of ether oxygens (including phenoxy) is 2. The van der Waals surface area contributed by atoms with Gasteiger partial charge in [-0.3, -0.25) is 14.3 Å². The molecule has 0 atom stereocenters. The Morgan fingerprint density at radius 3 is 2.21 bits per heavy atom. The molecule has 2 aromatic carbocycles. The maximum absolute atomic E-state index is 13.9. The average Bonchev–Trinajstić information content (AvgIpc) is 3.30. The summed E-state index contributed by atoms with van der Waals surface area (Å²) in [5.74, 6) is 0.809. The molecule has 200 valence electrons. The van der Waals surface area contributed by atoms with Crippen LogP contribution in [0.4, 0.5) is 0 Å². The molecule has 2 N–H and O–H groups in total. The molecule has 38 heavy (non-hydrogen) atoms. The zero-order valence-corrected chi connectivity index (χ0v) is 23.0. The molecule has 0 bridgehead atoms. The van der Waals surface area contributed by atoms with Crippen molar-refractivity contribution in [3.63, 3.8) is 0 Å². The molecule has 2 aromatic heterocycles. The third-order valence-electron chi connectivity index (χ3n) is 7.24. The molecule has 2 heterocycles. The fourth-order valence-corrected chi connectivity index (χ4v) is 5.30. The van der Waals surface area contributed by atoms with Gasteiger partial charge in [0, 0.05) is 36.2 Å². The Balaban J connectivity index is 1.88. The molecule has 0 aliphatic rings. The zero-order chi connectivity index (χ0) is 27.6. The van der Waals surface area contributed by atoms with Crippen molar-refractivity contribution < 1.29 is 14.3 Å². The van der Waals surface area contributed by atoms with E-state index in [9.17, 15) is 9.59 Å². The van der Waals surface area contributed by atoms with Crippen LogP contribution in [0.1, 0.15) is 46.3 Å². The Labute approximate surface area is 223 Å². The predicted octanol–water partition coefficient (Wildman–Crippen LogP) is 4.57. The van der Waals surface area contributed by atoms with Crippen molar-refractivity contribution in [1.29, 1.82) is 0 Å². The molecule has 0 saturated heterocycles. The Morgan fingerprint density at radius 1 is 0.921 bits per heavy atom. The topological polar surface area (TPSA) is 93.4 Å². The summed E-state index contributed by atoms with van der Waals surface area (Å²) in [5, 5.41) is 0. The average molecular weight is 517 g/mol. The second-order valence-electron chi connectivity index (χ2n) is 9.42. The smallest absolute Gasteiger partial charge is 0.279 e. The number of aryl methyl sites for hydroxylation is 1. The number of rotatable bonds is 10. The Morgan fingerprint density at radius 2 is 1.61 bits per heavy atom. The highest BCUT2D eigenvalue weighted by atomic mass is 16.5. The Bertz CT molecular complexity index is 1530. The van der Waals surface area contributed by atoms with Gasteiger partial charge in [0.1, 0.15) is 0 Å². The first-order chi connectivity index (χ1) is 18.2. The van der Waals surface area contributed by atoms with Crippen LogP contribution in [0.15, 0.2) is 53.3 Å². The van der Waals surface area contributed by atoms with Gasteiger partial charge in [-0.1, -0.05) is 37.6 Å². The van der Waals surface area contributed by atoms with Gasteiger partial charge in [-0.2, -0.15) is 0 Å². The number of carbonyl (C=O) groups excluding carboxylic acids is 1. The van der Waals surface area contributed by atoms with E-state index in [0.717, 1.165) is 34.8 Å². The summed E-state index contributed by atoms with van der Waals surface area (Å²) in [6.07, 6.45) is 2.25. The zero-order valence-electron chi connectivity index (χ0n) is 23.0. The van der Waals surface area contributed by atoms with Gasteiger partial charge in [-0.15, -0.1) is 0 Å². The van der Waals surface area contributed by atoms with Crippen LogP contribution in [0.2, 0.25) is 0 Å². The summed E-state index contributed by atoms with van der Waals surface area (Å²) in [4.78, 5) is 26.8. The third kappa shape index (κ3) is 4.62. The summed E-state index contributed by atoms with van der Waals surface area (Å²) >= 11 is 0. The van der Waals surface area contributed by atoms with Crippen LogP contribution in [0.3, 0.4) is 0 Å². The fourth-order valence-electron chi connectivity index (χ4n) is 5.30. The number of primary amides is 1. The van der Waals surface area contributed by atoms with Crippen molar-refractivity contribution in [2.75, 3.05) is 14.2 Å². The van der Waals surface area contributed by atoms with Crippen LogP contribution in [-0.4, -0.2) is 34.1 Å². The summed E-state index contributed by atoms with van der Waals surface area (Å²) < 4.78 is 16.5. The molecule has 1 amide bonds. The molecule has 0 unspecified atom stereocenters. The maximum Gasteiger partial charge on any atom is 0.279 e. The van der Waals surface area contributed by atoms with E-state index in [-0.39, 0.29) is 5.56 Å². The van der Waals surface area contributed by atoms with E-state index < -0.39 is 5.91 Å². The quantitative estimate of drug-likeness (QED) is 0.334. The lowest BCUT2D eigenvalue weighted by molar-refractivity contribution is 0.1000. The molecule has 0 fully saturated rings. The van der Waals surface area contributed by atoms with E-state index >= 15 is 0 Å². The van der Waals surface area contributed by atoms with Crippen LogP contribution in [0.5, 0.6) is 11.5 Å². The van der Waals surface area contributed by atoms with Gasteiger partial charge in [0.25, 0.3) is 11.5 Å². The van der Waals surface area contributed by atoms with Gasteiger partial charge in [-0.05, 0) is 56.5 Å². The molecule has 0 aliphatic carbocycles. The van der Waals surface area contributed by atoms with Gasteiger partial charge >= 0.3 is 0 Å². The first-order valence-electron chi connectivity index (χ1n) is 12.8. The van der Waals surface area contributed by atoms with E-state index in [2.05, 4.69) is 11.5 Å². The highest BCUT2D eigenvalue weighted by Gasteiger charge is 2.29. The lowest BCUT2D eigenvalue weighted by Gasteiger charge is -2.14. The molecule has 0 saturated carbocycles. The van der Waals surface area contributed by atoms with Crippen molar-refractivity contribution >= 4 is 5.91 Å². The lowest BCUT2D eigenvalue weighted by atomic mass is 9.98. The van der Waals surface area contributed by atoms with Gasteiger partial charge in [0.05, 0.1) is 31.0 Å². The molecular weight excluding hydrogens is 480 g/mol. The summed E-state index contributed by atoms with van der Waals surface area (Å²) in [6, 6.07) is 15.4. The molecule has 0 spiro atoms. The number of nitrogens with zero attached hydrogens (tertiary/aromatic N) is 3. The molecule has 4 rings (SSSR count).